The van der Waals surface area contributed by atoms with Gasteiger partial charge in [-0.3, -0.25) is 9.89 Å². The number of nitrogens with two attached hydrogens (primary N) is 1. The third-order valence-electron chi connectivity index (χ3n) is 3.16. The Morgan fingerprint density at radius 2 is 2.00 bits per heavy atom. The van der Waals surface area contributed by atoms with E-state index in [1.165, 1.54) is 0 Å². The number of anilines is 2. The number of hydrogen-bond acceptors (Lipinski definition) is 4. The Bertz CT molecular complexity index is 825. The van der Waals surface area contributed by atoms with Crippen molar-refractivity contribution in [3.8, 4) is 11.4 Å². The molecule has 0 atom stereocenters. The van der Waals surface area contributed by atoms with Gasteiger partial charge in [-0.05, 0) is 37.3 Å². The molecular formula is C16H15N5O. The molecule has 6 nitrogen and oxygen atoms in total. The minimum Gasteiger partial charge on any atom is -0.399 e. The molecule has 0 aliphatic heterocycles. The van der Waals surface area contributed by atoms with Crippen LogP contribution in [-0.4, -0.2) is 21.1 Å². The molecule has 6 heteroatoms. The molecule has 0 aliphatic carbocycles. The summed E-state index contributed by atoms with van der Waals surface area (Å²) >= 11 is 0. The number of hydrogen-bond donors (Lipinski definition) is 3. The van der Waals surface area contributed by atoms with E-state index in [0.717, 1.165) is 5.56 Å². The van der Waals surface area contributed by atoms with Crippen LogP contribution in [0.2, 0.25) is 0 Å². The lowest BCUT2D eigenvalue weighted by Crippen LogP contribution is -2.13. The van der Waals surface area contributed by atoms with Crippen molar-refractivity contribution in [3.05, 3.63) is 59.9 Å². The first-order valence-corrected chi connectivity index (χ1v) is 6.79. The Kier molecular flexibility index (Phi) is 3.57. The molecule has 2 aromatic carbocycles. The molecule has 0 spiro atoms. The molecule has 3 aromatic rings. The summed E-state index contributed by atoms with van der Waals surface area (Å²) in [7, 11) is 0. The van der Waals surface area contributed by atoms with Crippen LogP contribution in [0.4, 0.5) is 11.4 Å². The first-order chi connectivity index (χ1) is 10.6. The number of carbonyl (C=O) groups is 1. The van der Waals surface area contributed by atoms with Crippen molar-refractivity contribution in [3.63, 3.8) is 0 Å². The molecule has 1 aromatic heterocycles. The molecular weight excluding hydrogens is 278 g/mol. The summed E-state index contributed by atoms with van der Waals surface area (Å²) in [5, 5.41) is 9.80. The number of nitrogen functional groups attached to an aromatic ring is 1. The third kappa shape index (κ3) is 2.80. The number of para-hydroxylation sites is 1. The van der Waals surface area contributed by atoms with Crippen molar-refractivity contribution >= 4 is 17.3 Å². The molecule has 0 saturated heterocycles. The Labute approximate surface area is 127 Å². The van der Waals surface area contributed by atoms with Crippen LogP contribution >= 0.6 is 0 Å². The normalized spacial score (nSPS) is 10.4. The zero-order chi connectivity index (χ0) is 15.5. The van der Waals surface area contributed by atoms with Gasteiger partial charge in [-0.25, -0.2) is 4.98 Å². The summed E-state index contributed by atoms with van der Waals surface area (Å²) < 4.78 is 0. The minimum atomic E-state index is -0.230. The monoisotopic (exact) mass is 293 g/mol. The number of benzene rings is 2. The first kappa shape index (κ1) is 13.8. The second-order valence-corrected chi connectivity index (χ2v) is 4.87. The molecule has 0 unspecified atom stereocenters. The fourth-order valence-electron chi connectivity index (χ4n) is 2.12. The number of nitrogens with zero attached hydrogens (tertiary/aromatic N) is 2. The van der Waals surface area contributed by atoms with Crippen LogP contribution in [0, 0.1) is 6.92 Å². The van der Waals surface area contributed by atoms with Crippen molar-refractivity contribution in [2.45, 2.75) is 6.92 Å². The maximum atomic E-state index is 12.3. The van der Waals surface area contributed by atoms with Crippen molar-refractivity contribution in [1.29, 1.82) is 0 Å². The third-order valence-corrected chi connectivity index (χ3v) is 3.16. The summed E-state index contributed by atoms with van der Waals surface area (Å²) in [5.41, 5.74) is 8.16. The highest BCUT2D eigenvalue weighted by atomic mass is 16.1. The molecule has 1 amide bonds. The molecule has 22 heavy (non-hydrogen) atoms. The van der Waals surface area contributed by atoms with Gasteiger partial charge in [0.15, 0.2) is 5.82 Å². The zero-order valence-corrected chi connectivity index (χ0v) is 12.0. The Morgan fingerprint density at radius 3 is 2.73 bits per heavy atom. The van der Waals surface area contributed by atoms with Gasteiger partial charge in [-0.2, -0.15) is 5.10 Å². The van der Waals surface area contributed by atoms with Gasteiger partial charge >= 0.3 is 0 Å². The number of nitrogens with one attached hydrogen (secondary N) is 2. The van der Waals surface area contributed by atoms with Crippen LogP contribution in [0.5, 0.6) is 0 Å². The van der Waals surface area contributed by atoms with Gasteiger partial charge in [0, 0.05) is 16.8 Å². The second-order valence-electron chi connectivity index (χ2n) is 4.87. The molecule has 0 saturated carbocycles. The van der Waals surface area contributed by atoms with Gasteiger partial charge in [0.1, 0.15) is 5.82 Å². The van der Waals surface area contributed by atoms with Gasteiger partial charge < -0.3 is 11.1 Å². The van der Waals surface area contributed by atoms with E-state index in [0.29, 0.717) is 28.6 Å². The van der Waals surface area contributed by atoms with Crippen molar-refractivity contribution in [1.82, 2.24) is 15.2 Å². The highest BCUT2D eigenvalue weighted by Crippen LogP contribution is 2.25. The largest absolute Gasteiger partial charge is 0.399 e. The fraction of sp³-hybridized carbons (Fsp3) is 0.0625. The van der Waals surface area contributed by atoms with Crippen LogP contribution in [0.15, 0.2) is 48.5 Å². The fourth-order valence-corrected chi connectivity index (χ4v) is 2.12. The van der Waals surface area contributed by atoms with Crippen LogP contribution in [0.25, 0.3) is 11.4 Å². The minimum absolute atomic E-state index is 0.230. The topological polar surface area (TPSA) is 96.7 Å². The smallest absolute Gasteiger partial charge is 0.255 e. The van der Waals surface area contributed by atoms with E-state index in [2.05, 4.69) is 20.5 Å². The summed E-state index contributed by atoms with van der Waals surface area (Å²) in [5.74, 6) is 1.03. The first-order valence-electron chi connectivity index (χ1n) is 6.79. The number of aromatic amines is 1. The van der Waals surface area contributed by atoms with E-state index in [-0.39, 0.29) is 5.91 Å². The van der Waals surface area contributed by atoms with E-state index >= 15 is 0 Å². The lowest BCUT2D eigenvalue weighted by molar-refractivity contribution is 0.102. The number of H-pyrrole nitrogens is 1. The van der Waals surface area contributed by atoms with Gasteiger partial charge in [0.05, 0.1) is 5.69 Å². The molecule has 110 valence electrons. The van der Waals surface area contributed by atoms with Crippen molar-refractivity contribution in [2.75, 3.05) is 11.1 Å². The number of amides is 1. The van der Waals surface area contributed by atoms with Gasteiger partial charge in [0.25, 0.3) is 5.91 Å². The summed E-state index contributed by atoms with van der Waals surface area (Å²) in [6, 6.07) is 14.2. The average Bonchev–Trinajstić information content (AvgIpc) is 2.94. The SMILES string of the molecule is Cc1nc(-c2ccccc2NC(=O)c2cccc(N)c2)n[nH]1. The van der Waals surface area contributed by atoms with E-state index < -0.39 is 0 Å². The predicted octanol–water partition coefficient (Wildman–Crippen LogP) is 2.61. The van der Waals surface area contributed by atoms with Crippen molar-refractivity contribution < 1.29 is 4.79 Å². The molecule has 0 fully saturated rings. The van der Waals surface area contributed by atoms with E-state index in [4.69, 9.17) is 5.73 Å². The van der Waals surface area contributed by atoms with Crippen LogP contribution in [0.3, 0.4) is 0 Å². The number of rotatable bonds is 3. The Balaban J connectivity index is 1.91. The lowest BCUT2D eigenvalue weighted by atomic mass is 10.1. The van der Waals surface area contributed by atoms with Gasteiger partial charge in [0.2, 0.25) is 0 Å². The summed E-state index contributed by atoms with van der Waals surface area (Å²) in [4.78, 5) is 16.6. The number of carbonyl (C=O) groups excluding carboxylic acids is 1. The number of aryl methyl sites for hydroxylation is 1. The predicted molar refractivity (Wildman–Crippen MR) is 85.4 cm³/mol. The van der Waals surface area contributed by atoms with E-state index in [1.54, 1.807) is 24.3 Å². The van der Waals surface area contributed by atoms with E-state index in [1.807, 2.05) is 31.2 Å². The standard InChI is InChI=1S/C16H15N5O/c1-10-18-15(21-20-10)13-7-2-3-8-14(13)19-16(22)11-5-4-6-12(17)9-11/h2-9H,17H2,1H3,(H,19,22)(H,18,20,21). The summed E-state index contributed by atoms with van der Waals surface area (Å²) in [6.45, 7) is 1.82. The summed E-state index contributed by atoms with van der Waals surface area (Å²) in [6.07, 6.45) is 0. The van der Waals surface area contributed by atoms with Crippen LogP contribution in [0.1, 0.15) is 16.2 Å². The molecule has 0 radical (unpaired) electrons. The lowest BCUT2D eigenvalue weighted by Gasteiger charge is -2.09. The highest BCUT2D eigenvalue weighted by Gasteiger charge is 2.12. The maximum Gasteiger partial charge on any atom is 0.255 e. The molecule has 4 N–H and O–H groups in total. The molecule has 0 bridgehead atoms. The average molecular weight is 293 g/mol. The Morgan fingerprint density at radius 1 is 1.18 bits per heavy atom. The maximum absolute atomic E-state index is 12.3. The molecule has 0 aliphatic rings. The van der Waals surface area contributed by atoms with E-state index in [9.17, 15) is 4.79 Å². The highest BCUT2D eigenvalue weighted by molar-refractivity contribution is 6.06. The second kappa shape index (κ2) is 5.69. The van der Waals surface area contributed by atoms with Crippen LogP contribution < -0.4 is 11.1 Å². The number of aromatic nitrogens is 3. The Hall–Kier alpha value is -3.15. The quantitative estimate of drug-likeness (QED) is 0.647. The van der Waals surface area contributed by atoms with Gasteiger partial charge in [-0.1, -0.05) is 18.2 Å². The zero-order valence-electron chi connectivity index (χ0n) is 12.0. The van der Waals surface area contributed by atoms with Gasteiger partial charge in [-0.15, -0.1) is 0 Å². The molecule has 1 heterocycles. The van der Waals surface area contributed by atoms with Crippen LogP contribution in [-0.2, 0) is 0 Å². The van der Waals surface area contributed by atoms with Crippen molar-refractivity contribution in [2.24, 2.45) is 0 Å². The molecule has 3 rings (SSSR count).